The highest BCUT2D eigenvalue weighted by Crippen LogP contribution is 2.27. The molecule has 2 aromatic carbocycles. The van der Waals surface area contributed by atoms with Gasteiger partial charge in [0.05, 0.1) is 67.7 Å². The number of amides is 3. The van der Waals surface area contributed by atoms with E-state index >= 15 is 0 Å². The monoisotopic (exact) mass is 968 g/mol. The lowest BCUT2D eigenvalue weighted by molar-refractivity contribution is 0.0370. The molecule has 71 heavy (non-hydrogen) atoms. The van der Waals surface area contributed by atoms with Gasteiger partial charge in [-0.05, 0) is 106 Å². The summed E-state index contributed by atoms with van der Waals surface area (Å²) >= 11 is 0. The number of hydrogen-bond acceptors (Lipinski definition) is 13. The van der Waals surface area contributed by atoms with E-state index in [4.69, 9.17) is 23.9 Å². The van der Waals surface area contributed by atoms with E-state index in [0.717, 1.165) is 72.0 Å². The third-order valence-corrected chi connectivity index (χ3v) is 12.4. The summed E-state index contributed by atoms with van der Waals surface area (Å²) in [6.45, 7) is 16.8. The first-order valence-electron chi connectivity index (χ1n) is 24.5. The molecule has 4 aromatic heterocycles. The van der Waals surface area contributed by atoms with Crippen LogP contribution in [0.5, 0.6) is 11.5 Å². The molecule has 1 fully saturated rings. The molecule has 0 bridgehead atoms. The van der Waals surface area contributed by atoms with Gasteiger partial charge in [0.1, 0.15) is 23.8 Å². The van der Waals surface area contributed by atoms with Crippen molar-refractivity contribution in [2.45, 2.75) is 72.7 Å². The van der Waals surface area contributed by atoms with Gasteiger partial charge in [0.15, 0.2) is 5.82 Å². The van der Waals surface area contributed by atoms with Crippen LogP contribution in [0.3, 0.4) is 0 Å². The Morgan fingerprint density at radius 1 is 0.803 bits per heavy atom. The predicted octanol–water partition coefficient (Wildman–Crippen LogP) is 6.06. The Kier molecular flexibility index (Phi) is 16.7. The number of hydrogen-bond donors (Lipinski definition) is 3. The fourth-order valence-corrected chi connectivity index (χ4v) is 8.79. The van der Waals surface area contributed by atoms with Crippen LogP contribution in [-0.2, 0) is 35.4 Å². The number of carbonyl (C=O) groups excluding carboxylic acids is 3. The van der Waals surface area contributed by atoms with Gasteiger partial charge in [-0.3, -0.25) is 29.1 Å². The van der Waals surface area contributed by atoms with Crippen molar-refractivity contribution in [3.05, 3.63) is 135 Å². The number of aromatic nitrogens is 5. The maximum absolute atomic E-state index is 13.7. The van der Waals surface area contributed by atoms with Crippen LogP contribution in [0.2, 0.25) is 0 Å². The maximum Gasteiger partial charge on any atom is 0.291 e. The average molecular weight is 969 g/mol. The number of carbonyl (C=O) groups is 3. The molecule has 374 valence electrons. The number of anilines is 2. The molecule has 0 unspecified atom stereocenters. The minimum absolute atomic E-state index is 0.00500. The third-order valence-electron chi connectivity index (χ3n) is 12.4. The van der Waals surface area contributed by atoms with Crippen LogP contribution in [0.1, 0.15) is 94.6 Å². The summed E-state index contributed by atoms with van der Waals surface area (Å²) in [6, 6.07) is 21.9. The predicted molar refractivity (Wildman–Crippen MR) is 271 cm³/mol. The lowest BCUT2D eigenvalue weighted by Gasteiger charge is -2.36. The van der Waals surface area contributed by atoms with Crippen LogP contribution in [0.25, 0.3) is 11.0 Å². The summed E-state index contributed by atoms with van der Waals surface area (Å²) in [5.41, 5.74) is 7.41. The fraction of sp³-hybridized carbons (Fsp3) is 0.415. The maximum atomic E-state index is 13.7. The van der Waals surface area contributed by atoms with E-state index in [1.165, 1.54) is 0 Å². The molecule has 6 heterocycles. The molecule has 1 saturated heterocycles. The number of H-pyrrole nitrogens is 1. The highest BCUT2D eigenvalue weighted by atomic mass is 16.5. The summed E-state index contributed by atoms with van der Waals surface area (Å²) in [5, 5.41) is 5.82. The van der Waals surface area contributed by atoms with Crippen LogP contribution >= 0.6 is 0 Å². The van der Waals surface area contributed by atoms with Crippen molar-refractivity contribution in [1.29, 1.82) is 0 Å². The van der Waals surface area contributed by atoms with Gasteiger partial charge >= 0.3 is 0 Å². The summed E-state index contributed by atoms with van der Waals surface area (Å²) in [5.74, 6) is 0.866. The molecule has 0 aliphatic carbocycles. The number of aryl methyl sites for hydroxylation is 1. The van der Waals surface area contributed by atoms with Crippen LogP contribution in [0.15, 0.2) is 90.0 Å². The Morgan fingerprint density at radius 2 is 1.58 bits per heavy atom. The summed E-state index contributed by atoms with van der Waals surface area (Å²) in [7, 11) is 0. The Balaban J connectivity index is 0.693. The van der Waals surface area contributed by atoms with Crippen molar-refractivity contribution in [2.24, 2.45) is 0 Å². The molecule has 18 heteroatoms. The molecule has 3 N–H and O–H groups in total. The molecule has 3 amide bonds. The minimum atomic E-state index is -0.314. The molecule has 8 rings (SSSR count). The molecule has 18 nitrogen and oxygen atoms in total. The Hall–Kier alpha value is -7.15. The fourth-order valence-electron chi connectivity index (χ4n) is 8.79. The Morgan fingerprint density at radius 3 is 2.31 bits per heavy atom. The number of nitrogens with zero attached hydrogens (tertiary/aromatic N) is 7. The van der Waals surface area contributed by atoms with Crippen LogP contribution in [-0.4, -0.2) is 130 Å². The van der Waals surface area contributed by atoms with Gasteiger partial charge in [-0.25, -0.2) is 9.97 Å². The summed E-state index contributed by atoms with van der Waals surface area (Å²) in [6.07, 6.45) is 4.92. The molecule has 2 aliphatic heterocycles. The molecular weight excluding hydrogens is 905 g/mol. The largest absolute Gasteiger partial charge is 0.491 e. The van der Waals surface area contributed by atoms with Crippen molar-refractivity contribution in [2.75, 3.05) is 82.5 Å². The van der Waals surface area contributed by atoms with Crippen LogP contribution < -0.4 is 30.6 Å². The van der Waals surface area contributed by atoms with Gasteiger partial charge in [0, 0.05) is 87.0 Å². The van der Waals surface area contributed by atoms with Gasteiger partial charge in [0.25, 0.3) is 23.3 Å². The van der Waals surface area contributed by atoms with Crippen molar-refractivity contribution in [1.82, 2.24) is 39.6 Å². The van der Waals surface area contributed by atoms with Gasteiger partial charge in [0.2, 0.25) is 0 Å². The molecule has 0 radical (unpaired) electrons. The summed E-state index contributed by atoms with van der Waals surface area (Å²) in [4.78, 5) is 75.4. The molecule has 0 atom stereocenters. The Bertz CT molecular complexity index is 2840. The second-order valence-electron chi connectivity index (χ2n) is 18.2. The number of aromatic amines is 1. The third kappa shape index (κ3) is 13.0. The van der Waals surface area contributed by atoms with Gasteiger partial charge in [-0.1, -0.05) is 13.0 Å². The molecular formula is C53H64N10O8. The smallest absolute Gasteiger partial charge is 0.291 e. The summed E-state index contributed by atoms with van der Waals surface area (Å²) < 4.78 is 24.9. The van der Waals surface area contributed by atoms with Crippen molar-refractivity contribution < 1.29 is 33.3 Å². The first-order valence-corrected chi connectivity index (χ1v) is 24.5. The van der Waals surface area contributed by atoms with E-state index in [9.17, 15) is 19.2 Å². The van der Waals surface area contributed by atoms with Crippen LogP contribution in [0, 0.1) is 0 Å². The first-order chi connectivity index (χ1) is 34.4. The second kappa shape index (κ2) is 23.6. The Labute approximate surface area is 413 Å². The van der Waals surface area contributed by atoms with Gasteiger partial charge in [-0.15, -0.1) is 0 Å². The van der Waals surface area contributed by atoms with E-state index in [1.54, 1.807) is 53.6 Å². The second-order valence-corrected chi connectivity index (χ2v) is 18.2. The average Bonchev–Trinajstić information content (AvgIpc) is 3.77. The number of pyridine rings is 3. The zero-order valence-corrected chi connectivity index (χ0v) is 41.2. The lowest BCUT2D eigenvalue weighted by atomic mass is 10.1. The highest BCUT2D eigenvalue weighted by Gasteiger charge is 2.30. The zero-order chi connectivity index (χ0) is 49.9. The number of imidazole rings is 1. The van der Waals surface area contributed by atoms with E-state index in [2.05, 4.69) is 35.4 Å². The van der Waals surface area contributed by atoms with Crippen molar-refractivity contribution >= 4 is 40.1 Å². The van der Waals surface area contributed by atoms with Crippen molar-refractivity contribution in [3.8, 4) is 11.5 Å². The molecule has 6 aromatic rings. The lowest BCUT2D eigenvalue weighted by Crippen LogP contribution is -2.46. The normalized spacial score (nSPS) is 14.0. The SMILES string of the molecule is CCc1cc2ncc(CN3CCN(c4ccc(C(=O)NCCOCCOCCOc5cccc(C(=O)N6CCc7c(nc(C(=O)Nc8ccc(OC(C)C)cc8)n7C(C)C)C6)c5)nc4)CC3)cc2[nH]c1=O. The highest BCUT2D eigenvalue weighted by molar-refractivity contribution is 6.02. The van der Waals surface area contributed by atoms with E-state index in [0.29, 0.717) is 86.6 Å². The molecule has 0 spiro atoms. The van der Waals surface area contributed by atoms with E-state index in [1.807, 2.05) is 75.7 Å². The first kappa shape index (κ1) is 50.2. The van der Waals surface area contributed by atoms with Crippen molar-refractivity contribution in [3.63, 3.8) is 0 Å². The zero-order valence-electron chi connectivity index (χ0n) is 41.2. The number of ether oxygens (including phenoxy) is 4. The van der Waals surface area contributed by atoms with E-state index in [-0.39, 0.29) is 48.6 Å². The number of benzene rings is 2. The topological polar surface area (TPSA) is 198 Å². The quantitative estimate of drug-likeness (QED) is 0.0705. The van der Waals surface area contributed by atoms with Gasteiger partial charge < -0.3 is 48.9 Å². The van der Waals surface area contributed by atoms with Crippen LogP contribution in [0.4, 0.5) is 11.4 Å². The standard InChI is InChI=1S/C53H64N10O8/c1-6-38-30-45-46(59-50(38)64)28-37(31-55-45)33-60-19-21-61(22-20-60)41-12-15-44(56-32-41)51(65)54-17-23-68-24-25-69-26-27-70-43-9-7-8-39(29-43)53(67)62-18-16-48-47(34-62)58-49(63(48)35(2)3)52(66)57-40-10-13-42(14-11-40)71-36(4)5/h7-15,28-32,35-36H,6,16-27,33-34H2,1-5H3,(H,54,65)(H,57,66)(H,59,64). The number of nitrogens with one attached hydrogen (secondary N) is 3. The minimum Gasteiger partial charge on any atom is -0.491 e. The number of piperazine rings is 1. The molecule has 2 aliphatic rings. The van der Waals surface area contributed by atoms with E-state index < -0.39 is 0 Å². The molecule has 0 saturated carbocycles. The number of fused-ring (bicyclic) bond motifs is 2. The van der Waals surface area contributed by atoms with Gasteiger partial charge in [-0.2, -0.15) is 0 Å². The number of rotatable bonds is 21.